The first-order valence-corrected chi connectivity index (χ1v) is 13.2. The van der Waals surface area contributed by atoms with E-state index in [1.54, 1.807) is 44.6 Å². The largest absolute Gasteiger partial charge is 0.497 e. The van der Waals surface area contributed by atoms with Crippen molar-refractivity contribution in [3.8, 4) is 11.5 Å². The highest BCUT2D eigenvalue weighted by Gasteiger charge is 2.39. The molecule has 0 saturated heterocycles. The Morgan fingerprint density at radius 1 is 1.00 bits per heavy atom. The molecule has 3 aromatic carbocycles. The van der Waals surface area contributed by atoms with E-state index < -0.39 is 10.0 Å². The number of nitrogens with one attached hydrogen (secondary N) is 2. The van der Waals surface area contributed by atoms with E-state index in [9.17, 15) is 8.42 Å². The van der Waals surface area contributed by atoms with Gasteiger partial charge < -0.3 is 14.8 Å². The first-order chi connectivity index (χ1) is 16.4. The highest BCUT2D eigenvalue weighted by atomic mass is 79.9. The van der Waals surface area contributed by atoms with Crippen molar-refractivity contribution in [2.75, 3.05) is 24.3 Å². The molecule has 1 aliphatic heterocycles. The summed E-state index contributed by atoms with van der Waals surface area (Å²) in [5.41, 5.74) is 3.44. The van der Waals surface area contributed by atoms with Crippen molar-refractivity contribution in [3.05, 3.63) is 88.4 Å². The van der Waals surface area contributed by atoms with Gasteiger partial charge in [0.2, 0.25) is 0 Å². The summed E-state index contributed by atoms with van der Waals surface area (Å²) in [6, 6.07) is 18.2. The minimum atomic E-state index is -3.74. The van der Waals surface area contributed by atoms with Crippen LogP contribution in [0.3, 0.4) is 0 Å². The van der Waals surface area contributed by atoms with Crippen molar-refractivity contribution < 1.29 is 17.9 Å². The highest BCUT2D eigenvalue weighted by Crippen LogP contribution is 2.52. The van der Waals surface area contributed by atoms with Gasteiger partial charge in [-0.1, -0.05) is 34.1 Å². The maximum Gasteiger partial charge on any atom is 0.261 e. The minimum Gasteiger partial charge on any atom is -0.497 e. The van der Waals surface area contributed by atoms with E-state index in [4.69, 9.17) is 9.47 Å². The van der Waals surface area contributed by atoms with Gasteiger partial charge >= 0.3 is 0 Å². The van der Waals surface area contributed by atoms with Crippen LogP contribution in [0.5, 0.6) is 11.5 Å². The molecule has 2 aliphatic rings. The average Bonchev–Trinajstić information content (AvgIpc) is 3.33. The molecule has 5 rings (SSSR count). The van der Waals surface area contributed by atoms with Gasteiger partial charge in [-0.25, -0.2) is 8.42 Å². The van der Waals surface area contributed by atoms with E-state index in [1.807, 2.05) is 30.3 Å². The molecule has 0 amide bonds. The summed E-state index contributed by atoms with van der Waals surface area (Å²) < 4.78 is 40.9. The molecule has 34 heavy (non-hydrogen) atoms. The number of fused-ring (bicyclic) bond motifs is 3. The topological polar surface area (TPSA) is 76.7 Å². The smallest absolute Gasteiger partial charge is 0.261 e. The van der Waals surface area contributed by atoms with Gasteiger partial charge in [-0.05, 0) is 72.5 Å². The van der Waals surface area contributed by atoms with Crippen molar-refractivity contribution in [1.82, 2.24) is 0 Å². The highest BCUT2D eigenvalue weighted by molar-refractivity contribution is 9.10. The third kappa shape index (κ3) is 4.16. The fourth-order valence-corrected chi connectivity index (χ4v) is 6.38. The summed E-state index contributed by atoms with van der Waals surface area (Å²) in [5.74, 6) is 1.89. The number of hydrogen-bond acceptors (Lipinski definition) is 5. The quantitative estimate of drug-likeness (QED) is 0.369. The molecule has 0 spiro atoms. The first kappa shape index (κ1) is 22.8. The van der Waals surface area contributed by atoms with Crippen LogP contribution in [0.2, 0.25) is 0 Å². The van der Waals surface area contributed by atoms with Gasteiger partial charge in [0.25, 0.3) is 10.0 Å². The lowest BCUT2D eigenvalue weighted by Gasteiger charge is -2.38. The molecule has 0 radical (unpaired) electrons. The van der Waals surface area contributed by atoms with Crippen LogP contribution in [0, 0.1) is 5.92 Å². The molecule has 1 aliphatic carbocycles. The van der Waals surface area contributed by atoms with Crippen molar-refractivity contribution in [1.29, 1.82) is 0 Å². The molecule has 176 valence electrons. The summed E-state index contributed by atoms with van der Waals surface area (Å²) in [6.45, 7) is 0. The van der Waals surface area contributed by atoms with Crippen LogP contribution < -0.4 is 19.5 Å². The first-order valence-electron chi connectivity index (χ1n) is 11.0. The van der Waals surface area contributed by atoms with Crippen molar-refractivity contribution in [2.24, 2.45) is 5.92 Å². The maximum atomic E-state index is 13.1. The Morgan fingerprint density at radius 3 is 2.62 bits per heavy atom. The average molecular weight is 541 g/mol. The number of methoxy groups -OCH3 is 2. The Kier molecular flexibility index (Phi) is 6.04. The van der Waals surface area contributed by atoms with Gasteiger partial charge in [-0.3, -0.25) is 4.72 Å². The fraction of sp³-hybridized carbons (Fsp3) is 0.231. The summed E-state index contributed by atoms with van der Waals surface area (Å²) in [5, 5.41) is 3.65. The van der Waals surface area contributed by atoms with Gasteiger partial charge in [-0.15, -0.1) is 0 Å². The van der Waals surface area contributed by atoms with E-state index in [1.165, 1.54) is 0 Å². The number of hydrogen-bond donors (Lipinski definition) is 2. The lowest BCUT2D eigenvalue weighted by atomic mass is 9.77. The Morgan fingerprint density at radius 2 is 1.85 bits per heavy atom. The number of halogens is 1. The van der Waals surface area contributed by atoms with Crippen LogP contribution in [0.1, 0.15) is 29.5 Å². The molecule has 3 aromatic rings. The molecule has 0 bridgehead atoms. The van der Waals surface area contributed by atoms with E-state index in [2.05, 4.69) is 38.1 Å². The van der Waals surface area contributed by atoms with E-state index in [0.717, 1.165) is 39.2 Å². The van der Waals surface area contributed by atoms with Gasteiger partial charge in [0.05, 0.1) is 25.2 Å². The van der Waals surface area contributed by atoms with E-state index in [-0.39, 0.29) is 22.8 Å². The van der Waals surface area contributed by atoms with Crippen LogP contribution >= 0.6 is 15.9 Å². The van der Waals surface area contributed by atoms with Gasteiger partial charge in [-0.2, -0.15) is 0 Å². The Labute approximate surface area is 208 Å². The van der Waals surface area contributed by atoms with Crippen LogP contribution in [0.15, 0.2) is 82.2 Å². The summed E-state index contributed by atoms with van der Waals surface area (Å²) >= 11 is 3.38. The molecule has 1 heterocycles. The number of allylic oxidation sites excluding steroid dienone is 2. The fourth-order valence-electron chi connectivity index (χ4n) is 4.90. The molecule has 0 saturated carbocycles. The van der Waals surface area contributed by atoms with Crippen molar-refractivity contribution in [3.63, 3.8) is 0 Å². The zero-order chi connectivity index (χ0) is 23.9. The van der Waals surface area contributed by atoms with Crippen LogP contribution in [0.25, 0.3) is 0 Å². The zero-order valence-corrected chi connectivity index (χ0v) is 21.2. The number of benzene rings is 3. The summed E-state index contributed by atoms with van der Waals surface area (Å²) in [7, 11) is -0.416. The van der Waals surface area contributed by atoms with Crippen LogP contribution in [-0.4, -0.2) is 22.6 Å². The predicted molar refractivity (Wildman–Crippen MR) is 137 cm³/mol. The number of sulfonamides is 1. The van der Waals surface area contributed by atoms with Crippen molar-refractivity contribution >= 4 is 37.3 Å². The Balaban J connectivity index is 1.51. The second-order valence-electron chi connectivity index (χ2n) is 8.45. The molecular formula is C26H25BrN2O4S. The van der Waals surface area contributed by atoms with Crippen LogP contribution in [-0.2, 0) is 10.0 Å². The molecule has 6 nitrogen and oxygen atoms in total. The third-order valence-electron chi connectivity index (χ3n) is 6.49. The molecule has 8 heteroatoms. The minimum absolute atomic E-state index is 0.000184. The standard InChI is InChI=1S/C26H25BrN2O4S/c1-32-18-9-12-25(33-2)23(14-18)26-21-8-4-7-20(21)22-15-19(10-11-24(22)28-26)34(30,31)29-17-6-3-5-16(27)13-17/h3-7,9-15,20-21,26,28-29H,8H2,1-2H3/t20-,21+,26-/m0/s1. The second kappa shape index (κ2) is 9.00. The third-order valence-corrected chi connectivity index (χ3v) is 8.37. The Bertz CT molecular complexity index is 1370. The normalized spacial score (nSPS) is 20.7. The molecule has 0 aromatic heterocycles. The monoisotopic (exact) mass is 540 g/mol. The van der Waals surface area contributed by atoms with Gasteiger partial charge in [0.1, 0.15) is 11.5 Å². The summed E-state index contributed by atoms with van der Waals surface area (Å²) in [6.07, 6.45) is 5.24. The molecule has 2 N–H and O–H groups in total. The molecule has 3 atom stereocenters. The second-order valence-corrected chi connectivity index (χ2v) is 11.0. The van der Waals surface area contributed by atoms with Crippen LogP contribution in [0.4, 0.5) is 11.4 Å². The van der Waals surface area contributed by atoms with Gasteiger partial charge in [0, 0.05) is 27.3 Å². The number of rotatable bonds is 6. The molecule has 0 fully saturated rings. The lowest BCUT2D eigenvalue weighted by Crippen LogP contribution is -2.29. The van der Waals surface area contributed by atoms with E-state index in [0.29, 0.717) is 5.69 Å². The van der Waals surface area contributed by atoms with Crippen molar-refractivity contribution in [2.45, 2.75) is 23.3 Å². The molecule has 0 unspecified atom stereocenters. The lowest BCUT2D eigenvalue weighted by molar-refractivity contribution is 0.374. The Hall–Kier alpha value is -2.97. The van der Waals surface area contributed by atoms with E-state index >= 15 is 0 Å². The summed E-state index contributed by atoms with van der Waals surface area (Å²) in [4.78, 5) is 0.240. The van der Waals surface area contributed by atoms with Gasteiger partial charge in [0.15, 0.2) is 0 Å². The number of ether oxygens (including phenoxy) is 2. The SMILES string of the molecule is COc1ccc(OC)c([C@H]2Nc3ccc(S(=O)(=O)Nc4cccc(Br)c4)cc3[C@H]3C=CC[C@H]32)c1. The molecular weight excluding hydrogens is 516 g/mol. The number of anilines is 2. The maximum absolute atomic E-state index is 13.1. The predicted octanol–water partition coefficient (Wildman–Crippen LogP) is 6.09. The zero-order valence-electron chi connectivity index (χ0n) is 18.8.